The quantitative estimate of drug-likeness (QED) is 0.757. The van der Waals surface area contributed by atoms with Crippen LogP contribution < -0.4 is 10.1 Å². The highest BCUT2D eigenvalue weighted by molar-refractivity contribution is 5.95. The molecule has 0 bridgehead atoms. The molecule has 164 valence electrons. The molecule has 5 nitrogen and oxygen atoms in total. The van der Waals surface area contributed by atoms with Crippen LogP contribution in [0.3, 0.4) is 0 Å². The Morgan fingerprint density at radius 3 is 2.45 bits per heavy atom. The van der Waals surface area contributed by atoms with Crippen molar-refractivity contribution in [2.45, 2.75) is 56.9 Å². The summed E-state index contributed by atoms with van der Waals surface area (Å²) in [4.78, 5) is 27.7. The summed E-state index contributed by atoms with van der Waals surface area (Å²) >= 11 is 0. The molecule has 1 aliphatic heterocycles. The van der Waals surface area contributed by atoms with Gasteiger partial charge in [-0.25, -0.2) is 0 Å². The molecule has 2 amide bonds. The Hall–Kier alpha value is -2.82. The van der Waals surface area contributed by atoms with Crippen molar-refractivity contribution in [2.75, 3.05) is 20.2 Å². The van der Waals surface area contributed by atoms with Crippen LogP contribution in [0.1, 0.15) is 77.1 Å². The van der Waals surface area contributed by atoms with Gasteiger partial charge in [-0.3, -0.25) is 9.59 Å². The summed E-state index contributed by atoms with van der Waals surface area (Å²) in [5, 5.41) is 3.21. The molecule has 1 N–H and O–H groups in total. The first kappa shape index (κ1) is 21.4. The minimum Gasteiger partial charge on any atom is -0.497 e. The standard InChI is InChI=1S/C26H32N2O3/c1-31-24-14-12-19(13-15-24)26(30)28-16-6-9-22(18-28)20-7-5-8-21(17-20)25(29)27-23-10-3-2-4-11-23/h5,7-8,12-15,17,22-23H,2-4,6,9-11,16,18H2,1H3,(H,27,29)/t22-/m1/s1. The van der Waals surface area contributed by atoms with Gasteiger partial charge in [0, 0.05) is 36.2 Å². The molecule has 0 spiro atoms. The average molecular weight is 421 g/mol. The van der Waals surface area contributed by atoms with Gasteiger partial charge < -0.3 is 15.0 Å². The molecule has 5 heteroatoms. The van der Waals surface area contributed by atoms with E-state index >= 15 is 0 Å². The third kappa shape index (κ3) is 5.27. The number of hydrogen-bond acceptors (Lipinski definition) is 3. The number of rotatable bonds is 5. The van der Waals surface area contributed by atoms with Gasteiger partial charge in [-0.2, -0.15) is 0 Å². The Kier molecular flexibility index (Phi) is 6.90. The first-order valence-electron chi connectivity index (χ1n) is 11.5. The van der Waals surface area contributed by atoms with Crippen molar-refractivity contribution < 1.29 is 14.3 Å². The summed E-state index contributed by atoms with van der Waals surface area (Å²) in [5.74, 6) is 1.07. The zero-order chi connectivity index (χ0) is 21.6. The smallest absolute Gasteiger partial charge is 0.253 e. The van der Waals surface area contributed by atoms with Crippen LogP contribution in [0.25, 0.3) is 0 Å². The van der Waals surface area contributed by atoms with Crippen LogP contribution in [0.15, 0.2) is 48.5 Å². The molecular weight excluding hydrogens is 388 g/mol. The van der Waals surface area contributed by atoms with Gasteiger partial charge in [0.05, 0.1) is 7.11 Å². The Morgan fingerprint density at radius 2 is 1.71 bits per heavy atom. The average Bonchev–Trinajstić information content (AvgIpc) is 2.84. The number of methoxy groups -OCH3 is 1. The first-order chi connectivity index (χ1) is 15.1. The molecule has 2 aromatic rings. The molecule has 1 heterocycles. The highest BCUT2D eigenvalue weighted by Crippen LogP contribution is 2.29. The molecule has 1 atom stereocenters. The normalized spacial score (nSPS) is 19.6. The molecule has 31 heavy (non-hydrogen) atoms. The number of benzene rings is 2. The van der Waals surface area contributed by atoms with Crippen molar-refractivity contribution in [1.29, 1.82) is 0 Å². The van der Waals surface area contributed by atoms with Crippen LogP contribution in [0.4, 0.5) is 0 Å². The fourth-order valence-corrected chi connectivity index (χ4v) is 4.80. The highest BCUT2D eigenvalue weighted by Gasteiger charge is 2.26. The monoisotopic (exact) mass is 420 g/mol. The van der Waals surface area contributed by atoms with Crippen LogP contribution in [0.2, 0.25) is 0 Å². The molecule has 1 saturated carbocycles. The van der Waals surface area contributed by atoms with E-state index in [4.69, 9.17) is 4.74 Å². The maximum atomic E-state index is 13.0. The van der Waals surface area contributed by atoms with Crippen molar-refractivity contribution in [3.8, 4) is 5.75 Å². The third-order valence-electron chi connectivity index (χ3n) is 6.61. The maximum absolute atomic E-state index is 13.0. The van der Waals surface area contributed by atoms with Gasteiger partial charge in [0.15, 0.2) is 0 Å². The van der Waals surface area contributed by atoms with Crippen molar-refractivity contribution in [3.05, 3.63) is 65.2 Å². The van der Waals surface area contributed by atoms with E-state index in [9.17, 15) is 9.59 Å². The summed E-state index contributed by atoms with van der Waals surface area (Å²) in [7, 11) is 1.62. The Bertz CT molecular complexity index is 903. The Balaban J connectivity index is 1.42. The van der Waals surface area contributed by atoms with Crippen LogP contribution in [-0.2, 0) is 0 Å². The van der Waals surface area contributed by atoms with Crippen molar-refractivity contribution >= 4 is 11.8 Å². The third-order valence-corrected chi connectivity index (χ3v) is 6.61. The van der Waals surface area contributed by atoms with Gasteiger partial charge >= 0.3 is 0 Å². The van der Waals surface area contributed by atoms with E-state index in [0.29, 0.717) is 18.2 Å². The number of hydrogen-bond donors (Lipinski definition) is 1. The number of amides is 2. The second kappa shape index (κ2) is 9.99. The van der Waals surface area contributed by atoms with E-state index in [1.807, 2.05) is 47.4 Å². The minimum atomic E-state index is 0.0238. The first-order valence-corrected chi connectivity index (χ1v) is 11.5. The molecule has 1 aliphatic carbocycles. The van der Waals surface area contributed by atoms with Gasteiger partial charge in [-0.05, 0) is 67.6 Å². The lowest BCUT2D eigenvalue weighted by Crippen LogP contribution is -2.39. The summed E-state index contributed by atoms with van der Waals surface area (Å²) in [6.45, 7) is 1.45. The van der Waals surface area contributed by atoms with Crippen LogP contribution in [0, 0.1) is 0 Å². The zero-order valence-electron chi connectivity index (χ0n) is 18.3. The number of likely N-dealkylation sites (tertiary alicyclic amines) is 1. The van der Waals surface area contributed by atoms with Gasteiger partial charge in [0.2, 0.25) is 0 Å². The SMILES string of the molecule is COc1ccc(C(=O)N2CCC[C@@H](c3cccc(C(=O)NC4CCCCC4)c3)C2)cc1. The summed E-state index contributed by atoms with van der Waals surface area (Å²) < 4.78 is 5.19. The Morgan fingerprint density at radius 1 is 0.935 bits per heavy atom. The summed E-state index contributed by atoms with van der Waals surface area (Å²) in [5.41, 5.74) is 2.55. The van der Waals surface area contributed by atoms with E-state index < -0.39 is 0 Å². The predicted molar refractivity (Wildman–Crippen MR) is 122 cm³/mol. The van der Waals surface area contributed by atoms with Gasteiger partial charge in [0.25, 0.3) is 11.8 Å². The van der Waals surface area contributed by atoms with Gasteiger partial charge in [-0.1, -0.05) is 31.4 Å². The fraction of sp³-hybridized carbons (Fsp3) is 0.462. The molecular formula is C26H32N2O3. The summed E-state index contributed by atoms with van der Waals surface area (Å²) in [6, 6.07) is 15.6. The molecule has 0 radical (unpaired) electrons. The number of piperidine rings is 1. The number of ether oxygens (including phenoxy) is 1. The molecule has 2 aliphatic rings. The molecule has 2 fully saturated rings. The van der Waals surface area contributed by atoms with Crippen LogP contribution in [-0.4, -0.2) is 43.0 Å². The fourth-order valence-electron chi connectivity index (χ4n) is 4.80. The van der Waals surface area contributed by atoms with Crippen molar-refractivity contribution in [1.82, 2.24) is 10.2 Å². The van der Waals surface area contributed by atoms with Gasteiger partial charge in [-0.15, -0.1) is 0 Å². The maximum Gasteiger partial charge on any atom is 0.253 e. The van der Waals surface area contributed by atoms with E-state index in [-0.39, 0.29) is 17.7 Å². The lowest BCUT2D eigenvalue weighted by molar-refractivity contribution is 0.0706. The van der Waals surface area contributed by atoms with Crippen molar-refractivity contribution in [3.63, 3.8) is 0 Å². The van der Waals surface area contributed by atoms with Crippen LogP contribution in [0.5, 0.6) is 5.75 Å². The predicted octanol–water partition coefficient (Wildman–Crippen LogP) is 4.78. The second-order valence-electron chi connectivity index (χ2n) is 8.75. The number of carbonyl (C=O) groups is 2. The lowest BCUT2D eigenvalue weighted by atomic mass is 9.89. The van der Waals surface area contributed by atoms with Gasteiger partial charge in [0.1, 0.15) is 5.75 Å². The largest absolute Gasteiger partial charge is 0.497 e. The molecule has 0 unspecified atom stereocenters. The van der Waals surface area contributed by atoms with E-state index in [1.54, 1.807) is 7.11 Å². The van der Waals surface area contributed by atoms with Crippen molar-refractivity contribution in [2.24, 2.45) is 0 Å². The molecule has 0 aromatic heterocycles. The van der Waals surface area contributed by atoms with E-state index in [0.717, 1.165) is 49.1 Å². The summed E-state index contributed by atoms with van der Waals surface area (Å²) in [6.07, 6.45) is 7.82. The molecule has 2 aromatic carbocycles. The van der Waals surface area contributed by atoms with Crippen LogP contribution >= 0.6 is 0 Å². The molecule has 4 rings (SSSR count). The molecule has 1 saturated heterocycles. The topological polar surface area (TPSA) is 58.6 Å². The highest BCUT2D eigenvalue weighted by atomic mass is 16.5. The lowest BCUT2D eigenvalue weighted by Gasteiger charge is -2.33. The Labute approximate surface area is 184 Å². The van der Waals surface area contributed by atoms with E-state index in [1.165, 1.54) is 19.3 Å². The number of nitrogens with one attached hydrogen (secondary N) is 1. The number of nitrogens with zero attached hydrogens (tertiary/aromatic N) is 1. The minimum absolute atomic E-state index is 0.0238. The second-order valence-corrected chi connectivity index (χ2v) is 8.75. The zero-order valence-corrected chi connectivity index (χ0v) is 18.3. The van der Waals surface area contributed by atoms with E-state index in [2.05, 4.69) is 11.4 Å². The number of carbonyl (C=O) groups excluding carboxylic acids is 2.